The molecule has 1 spiro atoms. The predicted octanol–water partition coefficient (Wildman–Crippen LogP) is 2.41. The Balaban J connectivity index is 2.07. The van der Waals surface area contributed by atoms with E-state index in [0.29, 0.717) is 25.9 Å². The Kier molecular flexibility index (Phi) is 5.27. The Hall–Kier alpha value is -1.63. The number of piperidine rings is 1. The zero-order valence-corrected chi connectivity index (χ0v) is 16.4. The maximum Gasteiger partial charge on any atom is 0.407 e. The van der Waals surface area contributed by atoms with E-state index in [9.17, 15) is 20.1 Å². The van der Waals surface area contributed by atoms with Gasteiger partial charge in [-0.05, 0) is 29.4 Å². The molecule has 0 saturated carbocycles. The minimum atomic E-state index is -0.927. The number of carbonyl (C=O) groups is 1. The molecule has 1 aromatic carbocycles. The Morgan fingerprint density at radius 2 is 1.89 bits per heavy atom. The number of aliphatic hydroxyl groups is 2. The maximum atomic E-state index is 11.4. The molecule has 27 heavy (non-hydrogen) atoms. The minimum Gasteiger partial charge on any atom is -0.465 e. The van der Waals surface area contributed by atoms with Crippen molar-refractivity contribution in [2.24, 2.45) is 5.41 Å². The summed E-state index contributed by atoms with van der Waals surface area (Å²) >= 11 is 0. The topological polar surface area (TPSA) is 90.2 Å². The second kappa shape index (κ2) is 7.08. The molecular weight excluding hydrogens is 346 g/mol. The van der Waals surface area contributed by atoms with Gasteiger partial charge in [0.15, 0.2) is 0 Å². The summed E-state index contributed by atoms with van der Waals surface area (Å²) in [5.41, 5.74) is 1.33. The fraction of sp³-hybridized carbons (Fsp3) is 0.667. The Labute approximate surface area is 160 Å². The van der Waals surface area contributed by atoms with Gasteiger partial charge in [0, 0.05) is 24.9 Å². The lowest BCUT2D eigenvalue weighted by Crippen LogP contribution is -2.63. The van der Waals surface area contributed by atoms with Crippen LogP contribution in [0.15, 0.2) is 24.3 Å². The molecule has 1 aromatic rings. The lowest BCUT2D eigenvalue weighted by Gasteiger charge is -2.56. The second-order valence-corrected chi connectivity index (χ2v) is 8.91. The molecule has 150 valence electrons. The number of hydrogen-bond acceptors (Lipinski definition) is 4. The first kappa shape index (κ1) is 20.1. The smallest absolute Gasteiger partial charge is 0.407 e. The lowest BCUT2D eigenvalue weighted by molar-refractivity contribution is -0.186. The third-order valence-corrected chi connectivity index (χ3v) is 6.58. The fourth-order valence-electron chi connectivity index (χ4n) is 5.23. The highest BCUT2D eigenvalue weighted by Crippen LogP contribution is 2.60. The molecule has 1 fully saturated rings. The first-order valence-corrected chi connectivity index (χ1v) is 9.66. The highest BCUT2D eigenvalue weighted by Gasteiger charge is 2.64. The molecule has 1 aliphatic carbocycles. The number of fused-ring (bicyclic) bond motifs is 2. The summed E-state index contributed by atoms with van der Waals surface area (Å²) in [6, 6.07) is 8.33. The van der Waals surface area contributed by atoms with Crippen LogP contribution in [0.3, 0.4) is 0 Å². The van der Waals surface area contributed by atoms with Crippen molar-refractivity contribution in [3.05, 3.63) is 35.4 Å². The minimum absolute atomic E-state index is 0.0617. The molecule has 1 aliphatic heterocycles. The number of carboxylic acid groups (broad SMARTS) is 1. The number of benzene rings is 1. The van der Waals surface area contributed by atoms with Gasteiger partial charge in [0.1, 0.15) is 6.10 Å². The van der Waals surface area contributed by atoms with E-state index in [4.69, 9.17) is 4.74 Å². The quantitative estimate of drug-likeness (QED) is 0.750. The third-order valence-electron chi connectivity index (χ3n) is 6.58. The average Bonchev–Trinajstić information content (AvgIpc) is 2.91. The van der Waals surface area contributed by atoms with Gasteiger partial charge in [-0.15, -0.1) is 0 Å². The standard InChI is InChI=1S/C21H31NO5/c1-19(2,3)21(27-14-16(24)13-23)12-15-6-4-5-7-17(15)20(21)8-10-22(11-9-20)18(25)26/h4-7,16,23-24H,8-14H2,1-3H3,(H,25,26)/t16?,21-/m1/s1. The van der Waals surface area contributed by atoms with Crippen molar-refractivity contribution in [1.82, 2.24) is 4.90 Å². The molecule has 6 nitrogen and oxygen atoms in total. The molecule has 3 rings (SSSR count). The summed E-state index contributed by atoms with van der Waals surface area (Å²) in [6.45, 7) is 7.10. The van der Waals surface area contributed by atoms with Crippen LogP contribution in [0.25, 0.3) is 0 Å². The van der Waals surface area contributed by atoms with Gasteiger partial charge in [-0.25, -0.2) is 4.79 Å². The molecular formula is C21H31NO5. The van der Waals surface area contributed by atoms with Gasteiger partial charge in [0.2, 0.25) is 0 Å². The third kappa shape index (κ3) is 3.13. The molecule has 2 atom stereocenters. The van der Waals surface area contributed by atoms with Crippen LogP contribution < -0.4 is 0 Å². The summed E-state index contributed by atoms with van der Waals surface area (Å²) in [7, 11) is 0. The zero-order valence-electron chi connectivity index (χ0n) is 16.4. The number of likely N-dealkylation sites (tertiary alicyclic amines) is 1. The Morgan fingerprint density at radius 3 is 2.44 bits per heavy atom. The van der Waals surface area contributed by atoms with Gasteiger partial charge in [-0.1, -0.05) is 45.0 Å². The van der Waals surface area contributed by atoms with Crippen LogP contribution in [0.1, 0.15) is 44.7 Å². The zero-order chi connectivity index (χ0) is 19.9. The van der Waals surface area contributed by atoms with E-state index in [1.54, 1.807) is 0 Å². The SMILES string of the molecule is CC(C)(C)[C@]1(OCC(O)CO)Cc2ccccc2C12CCN(C(=O)O)CC2. The van der Waals surface area contributed by atoms with Crippen LogP contribution in [0.5, 0.6) is 0 Å². The van der Waals surface area contributed by atoms with E-state index in [1.165, 1.54) is 16.0 Å². The van der Waals surface area contributed by atoms with E-state index < -0.39 is 17.8 Å². The fourth-order valence-corrected chi connectivity index (χ4v) is 5.23. The van der Waals surface area contributed by atoms with Crippen LogP contribution >= 0.6 is 0 Å². The normalized spacial score (nSPS) is 25.4. The van der Waals surface area contributed by atoms with Crippen LogP contribution in [-0.4, -0.2) is 64.3 Å². The number of aliphatic hydroxyl groups excluding tert-OH is 2. The molecule has 1 saturated heterocycles. The van der Waals surface area contributed by atoms with Gasteiger partial charge in [0.25, 0.3) is 0 Å². The van der Waals surface area contributed by atoms with E-state index in [0.717, 1.165) is 6.42 Å². The average molecular weight is 377 g/mol. The van der Waals surface area contributed by atoms with Crippen molar-refractivity contribution in [2.45, 2.75) is 57.2 Å². The number of hydrogen-bond donors (Lipinski definition) is 3. The van der Waals surface area contributed by atoms with Crippen LogP contribution in [0.4, 0.5) is 4.79 Å². The monoisotopic (exact) mass is 377 g/mol. The molecule has 2 aliphatic rings. The van der Waals surface area contributed by atoms with Gasteiger partial charge < -0.3 is 25.0 Å². The van der Waals surface area contributed by atoms with Crippen molar-refractivity contribution >= 4 is 6.09 Å². The number of rotatable bonds is 4. The Bertz CT molecular complexity index is 690. The molecule has 1 unspecified atom stereocenters. The summed E-state index contributed by atoms with van der Waals surface area (Å²) in [5.74, 6) is 0. The molecule has 6 heteroatoms. The molecule has 0 bridgehead atoms. The molecule has 1 heterocycles. The predicted molar refractivity (Wildman–Crippen MR) is 102 cm³/mol. The molecule has 0 radical (unpaired) electrons. The molecule has 3 N–H and O–H groups in total. The van der Waals surface area contributed by atoms with E-state index >= 15 is 0 Å². The number of ether oxygens (including phenoxy) is 1. The maximum absolute atomic E-state index is 11.4. The number of amides is 1. The molecule has 0 aromatic heterocycles. The van der Waals surface area contributed by atoms with E-state index in [1.807, 2.05) is 12.1 Å². The van der Waals surface area contributed by atoms with Gasteiger partial charge >= 0.3 is 6.09 Å². The van der Waals surface area contributed by atoms with Crippen molar-refractivity contribution < 1.29 is 24.9 Å². The number of nitrogens with zero attached hydrogens (tertiary/aromatic N) is 1. The first-order chi connectivity index (χ1) is 12.7. The van der Waals surface area contributed by atoms with Crippen molar-refractivity contribution in [1.29, 1.82) is 0 Å². The van der Waals surface area contributed by atoms with E-state index in [-0.39, 0.29) is 24.0 Å². The van der Waals surface area contributed by atoms with Crippen molar-refractivity contribution in [3.63, 3.8) is 0 Å². The van der Waals surface area contributed by atoms with Crippen LogP contribution in [0.2, 0.25) is 0 Å². The van der Waals surface area contributed by atoms with Crippen LogP contribution in [0, 0.1) is 5.41 Å². The van der Waals surface area contributed by atoms with Gasteiger partial charge in [-0.2, -0.15) is 0 Å². The summed E-state index contributed by atoms with van der Waals surface area (Å²) in [6.07, 6.45) is 0.280. The van der Waals surface area contributed by atoms with Crippen molar-refractivity contribution in [3.8, 4) is 0 Å². The first-order valence-electron chi connectivity index (χ1n) is 9.66. The highest BCUT2D eigenvalue weighted by molar-refractivity contribution is 5.65. The van der Waals surface area contributed by atoms with E-state index in [2.05, 4.69) is 32.9 Å². The summed E-state index contributed by atoms with van der Waals surface area (Å²) in [4.78, 5) is 12.9. The lowest BCUT2D eigenvalue weighted by atomic mass is 9.56. The second-order valence-electron chi connectivity index (χ2n) is 8.91. The summed E-state index contributed by atoms with van der Waals surface area (Å²) < 4.78 is 6.50. The van der Waals surface area contributed by atoms with Crippen LogP contribution in [-0.2, 0) is 16.6 Å². The summed E-state index contributed by atoms with van der Waals surface area (Å²) in [5, 5.41) is 28.6. The van der Waals surface area contributed by atoms with Gasteiger partial charge in [0.05, 0.1) is 18.8 Å². The Morgan fingerprint density at radius 1 is 1.26 bits per heavy atom. The van der Waals surface area contributed by atoms with Crippen molar-refractivity contribution in [2.75, 3.05) is 26.3 Å². The van der Waals surface area contributed by atoms with Gasteiger partial charge in [-0.3, -0.25) is 0 Å². The molecule has 1 amide bonds. The largest absolute Gasteiger partial charge is 0.465 e. The highest BCUT2D eigenvalue weighted by atomic mass is 16.5.